The molecule has 2 N–H and O–H groups in total. The monoisotopic (exact) mass is 259 g/mol. The average Bonchev–Trinajstić information content (AvgIpc) is 2.88. The van der Waals surface area contributed by atoms with Gasteiger partial charge in [-0.15, -0.1) is 0 Å². The Morgan fingerprint density at radius 3 is 2.89 bits per heavy atom. The molecule has 0 aliphatic heterocycles. The third kappa shape index (κ3) is 2.05. The molecule has 1 aliphatic rings. The molecule has 5 heteroatoms. The fraction of sp³-hybridized carbons (Fsp3) is 0.429. The second-order valence-corrected chi connectivity index (χ2v) is 4.88. The zero-order chi connectivity index (χ0) is 13.3. The summed E-state index contributed by atoms with van der Waals surface area (Å²) in [6, 6.07) is 7.83. The molecule has 19 heavy (non-hydrogen) atoms. The van der Waals surface area contributed by atoms with E-state index in [1.54, 1.807) is 7.11 Å². The lowest BCUT2D eigenvalue weighted by molar-refractivity contribution is -0.0858. The first-order chi connectivity index (χ1) is 9.27. The third-order valence-corrected chi connectivity index (χ3v) is 3.80. The molecular formula is C14H17N3O2. The predicted molar refractivity (Wildman–Crippen MR) is 70.2 cm³/mol. The molecule has 0 amide bonds. The summed E-state index contributed by atoms with van der Waals surface area (Å²) in [6.07, 6.45) is 3.04. The van der Waals surface area contributed by atoms with Gasteiger partial charge in [0.15, 0.2) is 0 Å². The van der Waals surface area contributed by atoms with Gasteiger partial charge in [-0.05, 0) is 37.0 Å². The Labute approximate surface area is 111 Å². The normalized spacial score (nSPS) is 17.2. The summed E-state index contributed by atoms with van der Waals surface area (Å²) in [7, 11) is 1.70. The third-order valence-electron chi connectivity index (χ3n) is 3.80. The highest BCUT2D eigenvalue weighted by molar-refractivity contribution is 5.54. The molecule has 0 bridgehead atoms. The molecule has 100 valence electrons. The van der Waals surface area contributed by atoms with Crippen LogP contribution in [0, 0.1) is 0 Å². The molecule has 1 aliphatic carbocycles. The lowest BCUT2D eigenvalue weighted by Crippen LogP contribution is -2.37. The van der Waals surface area contributed by atoms with Crippen LogP contribution in [0.5, 0.6) is 0 Å². The highest BCUT2D eigenvalue weighted by Gasteiger charge is 2.43. The van der Waals surface area contributed by atoms with E-state index in [4.69, 9.17) is 15.0 Å². The standard InChI is InChI=1S/C14H17N3O2/c1-18-14(6-3-7-14)13-16-12(19-17-13)11-5-2-4-10(8-11)9-15/h2,4-5,8H,3,6-7,9,15H2,1H3. The van der Waals surface area contributed by atoms with E-state index in [0.29, 0.717) is 18.3 Å². The molecule has 0 atom stereocenters. The number of hydrogen-bond acceptors (Lipinski definition) is 5. The Hall–Kier alpha value is -1.72. The number of ether oxygens (including phenoxy) is 1. The first kappa shape index (κ1) is 12.3. The maximum atomic E-state index is 5.64. The van der Waals surface area contributed by atoms with Crippen LogP contribution in [0.2, 0.25) is 0 Å². The van der Waals surface area contributed by atoms with Crippen molar-refractivity contribution in [2.24, 2.45) is 5.73 Å². The Morgan fingerprint density at radius 2 is 2.26 bits per heavy atom. The first-order valence-electron chi connectivity index (χ1n) is 6.46. The van der Waals surface area contributed by atoms with Gasteiger partial charge in [-0.2, -0.15) is 4.98 Å². The van der Waals surface area contributed by atoms with E-state index in [9.17, 15) is 0 Å². The summed E-state index contributed by atoms with van der Waals surface area (Å²) in [4.78, 5) is 4.48. The molecular weight excluding hydrogens is 242 g/mol. The van der Waals surface area contributed by atoms with Crippen LogP contribution in [0.1, 0.15) is 30.7 Å². The van der Waals surface area contributed by atoms with E-state index in [-0.39, 0.29) is 5.60 Å². The Balaban J connectivity index is 1.92. The van der Waals surface area contributed by atoms with Crippen LogP contribution in [0.25, 0.3) is 11.5 Å². The summed E-state index contributed by atoms with van der Waals surface area (Å²) in [5, 5.41) is 4.07. The molecule has 1 heterocycles. The van der Waals surface area contributed by atoms with Crippen LogP contribution < -0.4 is 5.73 Å². The van der Waals surface area contributed by atoms with Gasteiger partial charge in [0.05, 0.1) is 0 Å². The van der Waals surface area contributed by atoms with E-state index < -0.39 is 0 Å². The Kier molecular flexibility index (Phi) is 3.08. The molecule has 0 saturated heterocycles. The van der Waals surface area contributed by atoms with Crippen molar-refractivity contribution in [3.63, 3.8) is 0 Å². The molecule has 1 aromatic heterocycles. The lowest BCUT2D eigenvalue weighted by Gasteiger charge is -2.37. The fourth-order valence-electron chi connectivity index (χ4n) is 2.37. The fourth-order valence-corrected chi connectivity index (χ4v) is 2.37. The minimum Gasteiger partial charge on any atom is -0.370 e. The van der Waals surface area contributed by atoms with Crippen LogP contribution in [-0.4, -0.2) is 17.3 Å². The molecule has 1 fully saturated rings. The van der Waals surface area contributed by atoms with Crippen molar-refractivity contribution in [2.75, 3.05) is 7.11 Å². The first-order valence-corrected chi connectivity index (χ1v) is 6.46. The number of rotatable bonds is 4. The summed E-state index contributed by atoms with van der Waals surface area (Å²) in [6.45, 7) is 0.497. The average molecular weight is 259 g/mol. The number of hydrogen-bond donors (Lipinski definition) is 1. The van der Waals surface area contributed by atoms with E-state index in [0.717, 1.165) is 30.4 Å². The van der Waals surface area contributed by atoms with Gasteiger partial charge >= 0.3 is 0 Å². The number of benzene rings is 1. The van der Waals surface area contributed by atoms with Crippen molar-refractivity contribution in [1.82, 2.24) is 10.1 Å². The van der Waals surface area contributed by atoms with Crippen molar-refractivity contribution in [3.8, 4) is 11.5 Å². The Morgan fingerprint density at radius 1 is 1.42 bits per heavy atom. The van der Waals surface area contributed by atoms with Gasteiger partial charge in [0, 0.05) is 19.2 Å². The number of nitrogens with two attached hydrogens (primary N) is 1. The van der Waals surface area contributed by atoms with Gasteiger partial charge in [-0.1, -0.05) is 17.3 Å². The van der Waals surface area contributed by atoms with Crippen LogP contribution in [0.15, 0.2) is 28.8 Å². The van der Waals surface area contributed by atoms with Crippen LogP contribution in [-0.2, 0) is 16.9 Å². The maximum Gasteiger partial charge on any atom is 0.258 e. The van der Waals surface area contributed by atoms with Gasteiger partial charge in [0.2, 0.25) is 5.82 Å². The van der Waals surface area contributed by atoms with E-state index in [2.05, 4.69) is 10.1 Å². The second kappa shape index (κ2) is 4.75. The zero-order valence-corrected chi connectivity index (χ0v) is 10.9. The van der Waals surface area contributed by atoms with E-state index in [1.807, 2.05) is 24.3 Å². The predicted octanol–water partition coefficient (Wildman–Crippen LogP) is 2.22. The van der Waals surface area contributed by atoms with Gasteiger partial charge < -0.3 is 15.0 Å². The van der Waals surface area contributed by atoms with E-state index in [1.165, 1.54) is 0 Å². The number of methoxy groups -OCH3 is 1. The van der Waals surface area contributed by atoms with Crippen molar-refractivity contribution in [1.29, 1.82) is 0 Å². The molecule has 1 saturated carbocycles. The van der Waals surface area contributed by atoms with Crippen LogP contribution >= 0.6 is 0 Å². The molecule has 5 nitrogen and oxygen atoms in total. The van der Waals surface area contributed by atoms with Crippen molar-refractivity contribution < 1.29 is 9.26 Å². The van der Waals surface area contributed by atoms with Crippen LogP contribution in [0.4, 0.5) is 0 Å². The quantitative estimate of drug-likeness (QED) is 0.911. The minimum atomic E-state index is -0.340. The number of nitrogens with zero attached hydrogens (tertiary/aromatic N) is 2. The summed E-state index contributed by atoms with van der Waals surface area (Å²) < 4.78 is 10.9. The zero-order valence-electron chi connectivity index (χ0n) is 10.9. The molecule has 3 rings (SSSR count). The number of aromatic nitrogens is 2. The summed E-state index contributed by atoms with van der Waals surface area (Å²) >= 11 is 0. The van der Waals surface area contributed by atoms with Crippen molar-refractivity contribution in [3.05, 3.63) is 35.7 Å². The van der Waals surface area contributed by atoms with E-state index >= 15 is 0 Å². The molecule has 0 radical (unpaired) electrons. The summed E-state index contributed by atoms with van der Waals surface area (Å²) in [5.74, 6) is 1.17. The van der Waals surface area contributed by atoms with Gasteiger partial charge in [-0.25, -0.2) is 0 Å². The topological polar surface area (TPSA) is 74.2 Å². The smallest absolute Gasteiger partial charge is 0.258 e. The van der Waals surface area contributed by atoms with Crippen molar-refractivity contribution >= 4 is 0 Å². The second-order valence-electron chi connectivity index (χ2n) is 4.88. The molecule has 0 spiro atoms. The summed E-state index contributed by atoms with van der Waals surface area (Å²) in [5.41, 5.74) is 7.24. The largest absolute Gasteiger partial charge is 0.370 e. The van der Waals surface area contributed by atoms with Crippen molar-refractivity contribution in [2.45, 2.75) is 31.4 Å². The van der Waals surface area contributed by atoms with Gasteiger partial charge in [0.25, 0.3) is 5.89 Å². The lowest BCUT2D eigenvalue weighted by atomic mass is 9.79. The molecule has 2 aromatic rings. The molecule has 1 aromatic carbocycles. The molecule has 0 unspecified atom stereocenters. The SMILES string of the molecule is COC1(c2noc(-c3cccc(CN)c3)n2)CCC1. The highest BCUT2D eigenvalue weighted by Crippen LogP contribution is 2.43. The Bertz CT molecular complexity index is 570. The maximum absolute atomic E-state index is 5.64. The minimum absolute atomic E-state index is 0.340. The van der Waals surface area contributed by atoms with Crippen LogP contribution in [0.3, 0.4) is 0 Å². The van der Waals surface area contributed by atoms with Gasteiger partial charge in [0.1, 0.15) is 5.60 Å². The highest BCUT2D eigenvalue weighted by atomic mass is 16.5. The van der Waals surface area contributed by atoms with Gasteiger partial charge in [-0.3, -0.25) is 0 Å².